The van der Waals surface area contributed by atoms with Gasteiger partial charge in [-0.1, -0.05) is 0 Å². The minimum absolute atomic E-state index is 0.0536. The molecule has 0 bridgehead atoms. The lowest BCUT2D eigenvalue weighted by Crippen LogP contribution is -2.27. The highest BCUT2D eigenvalue weighted by Crippen LogP contribution is 2.37. The molecule has 0 fully saturated rings. The minimum Gasteiger partial charge on any atom is -0.508 e. The summed E-state index contributed by atoms with van der Waals surface area (Å²) in [5, 5.41) is 22.6. The molecule has 0 radical (unpaired) electrons. The van der Waals surface area contributed by atoms with Gasteiger partial charge in [0.15, 0.2) is 17.3 Å². The first-order valence-electron chi connectivity index (χ1n) is 8.67. The molecule has 0 spiro atoms. The number of phenolic OH excluding ortho intramolecular Hbond substituents is 2. The number of aromatic nitrogens is 1. The Bertz CT molecular complexity index is 1070. The van der Waals surface area contributed by atoms with E-state index < -0.39 is 5.91 Å². The Morgan fingerprint density at radius 2 is 1.79 bits per heavy atom. The lowest BCUT2D eigenvalue weighted by Gasteiger charge is -2.09. The highest BCUT2D eigenvalue weighted by Gasteiger charge is 2.13. The van der Waals surface area contributed by atoms with E-state index in [4.69, 9.17) is 9.47 Å². The zero-order valence-electron chi connectivity index (χ0n) is 15.9. The number of H-pyrrole nitrogens is 1. The molecule has 3 aromatic rings. The van der Waals surface area contributed by atoms with Gasteiger partial charge in [0.05, 0.1) is 20.8 Å². The first-order valence-corrected chi connectivity index (χ1v) is 8.67. The van der Waals surface area contributed by atoms with Crippen LogP contribution in [0.1, 0.15) is 15.9 Å². The highest BCUT2D eigenvalue weighted by molar-refractivity contribution is 6.10. The van der Waals surface area contributed by atoms with Gasteiger partial charge in [-0.2, -0.15) is 0 Å². The molecule has 0 saturated carbocycles. The lowest BCUT2D eigenvalue weighted by atomic mass is 10.1. The van der Waals surface area contributed by atoms with Crippen molar-refractivity contribution in [2.45, 2.75) is 0 Å². The number of hydrogen-bond donors (Lipinski definition) is 4. The van der Waals surface area contributed by atoms with E-state index in [-0.39, 0.29) is 35.3 Å². The van der Waals surface area contributed by atoms with Gasteiger partial charge in [-0.25, -0.2) is 0 Å². The van der Waals surface area contributed by atoms with Crippen LogP contribution in [-0.2, 0) is 4.79 Å². The summed E-state index contributed by atoms with van der Waals surface area (Å²) in [5.41, 5.74) is 1.67. The first-order chi connectivity index (χ1) is 13.9. The molecule has 1 amide bonds. The fraction of sp³-hybridized carbons (Fsp3) is 0.143. The predicted octanol–water partition coefficient (Wildman–Crippen LogP) is 2.61. The van der Waals surface area contributed by atoms with Gasteiger partial charge in [0, 0.05) is 28.7 Å². The first kappa shape index (κ1) is 19.8. The van der Waals surface area contributed by atoms with Crippen LogP contribution in [0.4, 0.5) is 0 Å². The molecule has 150 valence electrons. The Kier molecular flexibility index (Phi) is 5.73. The van der Waals surface area contributed by atoms with E-state index in [1.807, 2.05) is 0 Å². The summed E-state index contributed by atoms with van der Waals surface area (Å²) >= 11 is 0. The maximum Gasteiger partial charge on any atom is 0.244 e. The van der Waals surface area contributed by atoms with Crippen LogP contribution in [0.3, 0.4) is 0 Å². The summed E-state index contributed by atoms with van der Waals surface area (Å²) in [6.45, 7) is -0.200. The Balaban J connectivity index is 1.66. The van der Waals surface area contributed by atoms with Crippen LogP contribution in [0, 0.1) is 0 Å². The number of methoxy groups -OCH3 is 2. The van der Waals surface area contributed by atoms with E-state index in [0.29, 0.717) is 22.0 Å². The number of carbonyl (C=O) groups is 2. The Morgan fingerprint density at radius 3 is 2.45 bits per heavy atom. The van der Waals surface area contributed by atoms with E-state index >= 15 is 0 Å². The summed E-state index contributed by atoms with van der Waals surface area (Å²) in [6.07, 6.45) is 4.32. The van der Waals surface area contributed by atoms with Crippen molar-refractivity contribution in [2.24, 2.45) is 0 Å². The molecule has 2 aromatic carbocycles. The number of carbonyl (C=O) groups excluding carboxylic acids is 2. The Labute approximate surface area is 166 Å². The second-order valence-corrected chi connectivity index (χ2v) is 6.18. The Morgan fingerprint density at radius 1 is 1.10 bits per heavy atom. The molecule has 3 rings (SSSR count). The second kappa shape index (κ2) is 8.39. The molecule has 8 nitrogen and oxygen atoms in total. The summed E-state index contributed by atoms with van der Waals surface area (Å²) < 4.78 is 10.1. The van der Waals surface area contributed by atoms with Gasteiger partial charge in [-0.05, 0) is 42.0 Å². The number of rotatable bonds is 7. The van der Waals surface area contributed by atoms with Crippen LogP contribution in [0.15, 0.2) is 42.6 Å². The van der Waals surface area contributed by atoms with Crippen molar-refractivity contribution in [1.82, 2.24) is 10.3 Å². The normalized spacial score (nSPS) is 11.0. The fourth-order valence-electron chi connectivity index (χ4n) is 2.84. The average Bonchev–Trinajstić information content (AvgIpc) is 3.14. The monoisotopic (exact) mass is 396 g/mol. The predicted molar refractivity (Wildman–Crippen MR) is 108 cm³/mol. The van der Waals surface area contributed by atoms with Crippen LogP contribution in [0.2, 0.25) is 0 Å². The van der Waals surface area contributed by atoms with Crippen molar-refractivity contribution < 1.29 is 29.3 Å². The number of benzene rings is 2. The van der Waals surface area contributed by atoms with Gasteiger partial charge in [-0.3, -0.25) is 9.59 Å². The molecule has 29 heavy (non-hydrogen) atoms. The van der Waals surface area contributed by atoms with Gasteiger partial charge < -0.3 is 30.0 Å². The minimum atomic E-state index is -0.466. The summed E-state index contributed by atoms with van der Waals surface area (Å²) in [4.78, 5) is 27.4. The topological polar surface area (TPSA) is 121 Å². The molecule has 1 heterocycles. The van der Waals surface area contributed by atoms with Crippen molar-refractivity contribution >= 4 is 28.7 Å². The Hall–Kier alpha value is -3.94. The highest BCUT2D eigenvalue weighted by atomic mass is 16.5. The molecule has 8 heteroatoms. The number of aromatic amines is 1. The molecule has 0 aliphatic carbocycles. The number of hydrogen-bond acceptors (Lipinski definition) is 6. The van der Waals surface area contributed by atoms with Crippen molar-refractivity contribution in [3.8, 4) is 23.0 Å². The van der Waals surface area contributed by atoms with Crippen LogP contribution >= 0.6 is 0 Å². The number of ketones is 1. The maximum absolute atomic E-state index is 12.4. The van der Waals surface area contributed by atoms with Gasteiger partial charge in [-0.15, -0.1) is 0 Å². The lowest BCUT2D eigenvalue weighted by molar-refractivity contribution is -0.116. The summed E-state index contributed by atoms with van der Waals surface area (Å²) in [6, 6.07) is 7.78. The van der Waals surface area contributed by atoms with Crippen LogP contribution in [-0.4, -0.2) is 47.7 Å². The van der Waals surface area contributed by atoms with Crippen LogP contribution in [0.25, 0.3) is 17.0 Å². The third-order valence-corrected chi connectivity index (χ3v) is 4.32. The van der Waals surface area contributed by atoms with Gasteiger partial charge >= 0.3 is 0 Å². The molecule has 4 N–H and O–H groups in total. The maximum atomic E-state index is 12.4. The van der Waals surface area contributed by atoms with Crippen LogP contribution < -0.4 is 14.8 Å². The largest absolute Gasteiger partial charge is 0.508 e. The molecule has 0 aliphatic heterocycles. The zero-order valence-corrected chi connectivity index (χ0v) is 15.9. The van der Waals surface area contributed by atoms with Crippen LogP contribution in [0.5, 0.6) is 23.0 Å². The SMILES string of the molecule is COc1cc(/C=C/C(=O)NCC(=O)c2c[nH]c3ccc(O)cc23)cc(OC)c1O. The van der Waals surface area contributed by atoms with E-state index in [1.165, 1.54) is 38.5 Å². The molecular formula is C21H20N2O6. The number of aromatic hydroxyl groups is 2. The standard InChI is InChI=1S/C21H20N2O6/c1-28-18-7-12(8-19(29-2)21(18)27)3-6-20(26)23-11-17(25)15-10-22-16-5-4-13(24)9-14(15)16/h3-10,22,24,27H,11H2,1-2H3,(H,23,26)/b6-3+. The number of ether oxygens (including phenoxy) is 2. The number of amides is 1. The van der Waals surface area contributed by atoms with Gasteiger partial charge in [0.1, 0.15) is 5.75 Å². The number of Topliss-reactive ketones (excluding diaryl/α,β-unsaturated/α-hetero) is 1. The van der Waals surface area contributed by atoms with Gasteiger partial charge in [0.25, 0.3) is 0 Å². The number of phenols is 2. The number of fused-ring (bicyclic) bond motifs is 1. The molecule has 0 unspecified atom stereocenters. The van der Waals surface area contributed by atoms with E-state index in [0.717, 1.165) is 0 Å². The van der Waals surface area contributed by atoms with Crippen molar-refractivity contribution in [2.75, 3.05) is 20.8 Å². The van der Waals surface area contributed by atoms with Crippen molar-refractivity contribution in [3.05, 3.63) is 53.7 Å². The quantitative estimate of drug-likeness (QED) is 0.360. The van der Waals surface area contributed by atoms with Crippen molar-refractivity contribution in [1.29, 1.82) is 0 Å². The molecule has 0 atom stereocenters. The summed E-state index contributed by atoms with van der Waals surface area (Å²) in [7, 11) is 2.82. The fourth-order valence-corrected chi connectivity index (χ4v) is 2.84. The molecule has 0 saturated heterocycles. The third kappa shape index (κ3) is 4.32. The smallest absolute Gasteiger partial charge is 0.244 e. The van der Waals surface area contributed by atoms with E-state index in [1.54, 1.807) is 24.4 Å². The number of nitrogens with one attached hydrogen (secondary N) is 2. The third-order valence-electron chi connectivity index (χ3n) is 4.32. The van der Waals surface area contributed by atoms with Gasteiger partial charge in [0.2, 0.25) is 11.7 Å². The van der Waals surface area contributed by atoms with E-state index in [2.05, 4.69) is 10.3 Å². The molecular weight excluding hydrogens is 376 g/mol. The average molecular weight is 396 g/mol. The van der Waals surface area contributed by atoms with E-state index in [9.17, 15) is 19.8 Å². The molecule has 0 aliphatic rings. The van der Waals surface area contributed by atoms with Crippen molar-refractivity contribution in [3.63, 3.8) is 0 Å². The summed E-state index contributed by atoms with van der Waals surface area (Å²) in [5.74, 6) is -0.419. The second-order valence-electron chi connectivity index (χ2n) is 6.18. The zero-order chi connectivity index (χ0) is 21.0. The molecule has 1 aromatic heterocycles.